The molecule has 2 bridgehead atoms. The van der Waals surface area contributed by atoms with E-state index in [0.717, 1.165) is 24.8 Å². The SMILES string of the molecule is O=S(=O)(NCc1cccnc1)[C@@H]1C[C@H]2CC[C@@H]1[C@@H]1O[C@H]21. The van der Waals surface area contributed by atoms with Crippen molar-refractivity contribution in [3.8, 4) is 0 Å². The summed E-state index contributed by atoms with van der Waals surface area (Å²) in [6.07, 6.45) is 6.82. The Kier molecular flexibility index (Phi) is 2.87. The average Bonchev–Trinajstić information content (AvgIpc) is 3.29. The van der Waals surface area contributed by atoms with Crippen molar-refractivity contribution >= 4 is 10.0 Å². The second-order valence-corrected chi connectivity index (χ2v) is 8.05. The standard InChI is InChI=1S/C14H18N2O3S/c17-20(18,16-8-9-2-1-5-15-7-9)12-6-10-3-4-11(12)14-13(10)19-14/h1-2,5,7,10-14,16H,3-4,6,8H2/t10-,11+,12-,13-,14+/m1/s1. The Morgan fingerprint density at radius 3 is 3.00 bits per heavy atom. The highest BCUT2D eigenvalue weighted by Gasteiger charge is 2.61. The first kappa shape index (κ1) is 12.7. The van der Waals surface area contributed by atoms with E-state index in [4.69, 9.17) is 4.74 Å². The number of aromatic nitrogens is 1. The van der Waals surface area contributed by atoms with Crippen LogP contribution >= 0.6 is 0 Å². The molecule has 2 heterocycles. The molecule has 0 aromatic carbocycles. The summed E-state index contributed by atoms with van der Waals surface area (Å²) in [5, 5.41) is -0.276. The Bertz CT molecular complexity index is 604. The Morgan fingerprint density at radius 1 is 1.35 bits per heavy atom. The van der Waals surface area contributed by atoms with Crippen LogP contribution in [0, 0.1) is 11.8 Å². The minimum Gasteiger partial charge on any atom is -0.369 e. The second-order valence-electron chi connectivity index (χ2n) is 6.07. The molecule has 1 aliphatic heterocycles. The van der Waals surface area contributed by atoms with Crippen LogP contribution in [0.4, 0.5) is 0 Å². The van der Waals surface area contributed by atoms with Gasteiger partial charge in [0.15, 0.2) is 0 Å². The van der Waals surface area contributed by atoms with E-state index in [1.165, 1.54) is 0 Å². The summed E-state index contributed by atoms with van der Waals surface area (Å²) in [5.74, 6) is 0.640. The third kappa shape index (κ3) is 2.06. The van der Waals surface area contributed by atoms with Crippen molar-refractivity contribution in [3.05, 3.63) is 30.1 Å². The van der Waals surface area contributed by atoms with E-state index < -0.39 is 10.0 Å². The summed E-state index contributed by atoms with van der Waals surface area (Å²) in [4.78, 5) is 4.00. The monoisotopic (exact) mass is 294 g/mol. The molecule has 20 heavy (non-hydrogen) atoms. The normalized spacial score (nSPS) is 38.5. The molecule has 5 nitrogen and oxygen atoms in total. The maximum Gasteiger partial charge on any atom is 0.215 e. The highest BCUT2D eigenvalue weighted by Crippen LogP contribution is 2.54. The van der Waals surface area contributed by atoms with Gasteiger partial charge in [-0.2, -0.15) is 0 Å². The van der Waals surface area contributed by atoms with E-state index in [0.29, 0.717) is 18.6 Å². The molecule has 0 amide bonds. The van der Waals surface area contributed by atoms with Gasteiger partial charge in [0.1, 0.15) is 0 Å². The number of hydrogen-bond donors (Lipinski definition) is 1. The molecule has 4 fully saturated rings. The number of pyridine rings is 1. The summed E-state index contributed by atoms with van der Waals surface area (Å²) < 4.78 is 33.4. The maximum absolute atomic E-state index is 12.5. The van der Waals surface area contributed by atoms with Gasteiger partial charge in [-0.1, -0.05) is 6.07 Å². The lowest BCUT2D eigenvalue weighted by molar-refractivity contribution is 0.220. The third-order valence-electron chi connectivity index (χ3n) is 4.93. The van der Waals surface area contributed by atoms with Crippen LogP contribution in [0.1, 0.15) is 24.8 Å². The number of rotatable bonds is 4. The topological polar surface area (TPSA) is 71.6 Å². The van der Waals surface area contributed by atoms with E-state index in [1.54, 1.807) is 12.4 Å². The van der Waals surface area contributed by atoms with Gasteiger partial charge in [0.25, 0.3) is 0 Å². The van der Waals surface area contributed by atoms with Crippen LogP contribution in [0.15, 0.2) is 24.5 Å². The fraction of sp³-hybridized carbons (Fsp3) is 0.643. The number of ether oxygens (including phenoxy) is 1. The van der Waals surface area contributed by atoms with E-state index in [9.17, 15) is 8.42 Å². The molecule has 1 aromatic heterocycles. The molecule has 108 valence electrons. The van der Waals surface area contributed by atoms with Gasteiger partial charge in [-0.3, -0.25) is 4.98 Å². The predicted octanol–water partition coefficient (Wildman–Crippen LogP) is 1.07. The third-order valence-corrected chi connectivity index (χ3v) is 6.82. The van der Waals surface area contributed by atoms with Gasteiger partial charge in [-0.15, -0.1) is 0 Å². The van der Waals surface area contributed by atoms with Crippen molar-refractivity contribution in [2.75, 3.05) is 0 Å². The molecule has 3 saturated carbocycles. The molecule has 5 rings (SSSR count). The molecule has 5 atom stereocenters. The summed E-state index contributed by atoms with van der Waals surface area (Å²) >= 11 is 0. The minimum atomic E-state index is -3.28. The summed E-state index contributed by atoms with van der Waals surface area (Å²) in [7, 11) is -3.28. The fourth-order valence-corrected chi connectivity index (χ4v) is 5.70. The summed E-state index contributed by atoms with van der Waals surface area (Å²) in [6, 6.07) is 3.69. The first-order valence-corrected chi connectivity index (χ1v) is 8.72. The molecule has 0 unspecified atom stereocenters. The van der Waals surface area contributed by atoms with Crippen LogP contribution in [-0.2, 0) is 21.3 Å². The van der Waals surface area contributed by atoms with Gasteiger partial charge in [-0.05, 0) is 36.8 Å². The highest BCUT2D eigenvalue weighted by atomic mass is 32.2. The quantitative estimate of drug-likeness (QED) is 0.843. The zero-order chi connectivity index (χ0) is 13.7. The van der Waals surface area contributed by atoms with Gasteiger partial charge in [0.05, 0.1) is 17.5 Å². The number of hydrogen-bond acceptors (Lipinski definition) is 4. The number of nitrogens with one attached hydrogen (secondary N) is 1. The first-order chi connectivity index (χ1) is 9.65. The Hall–Kier alpha value is -0.980. The van der Waals surface area contributed by atoms with Gasteiger partial charge in [0, 0.05) is 24.9 Å². The van der Waals surface area contributed by atoms with Crippen molar-refractivity contribution in [2.24, 2.45) is 11.8 Å². The van der Waals surface area contributed by atoms with Crippen LogP contribution in [0.2, 0.25) is 0 Å². The largest absolute Gasteiger partial charge is 0.369 e. The molecule has 0 spiro atoms. The molecule has 3 aliphatic carbocycles. The van der Waals surface area contributed by atoms with Crippen LogP contribution in [0.3, 0.4) is 0 Å². The van der Waals surface area contributed by atoms with Crippen molar-refractivity contribution in [2.45, 2.75) is 43.3 Å². The lowest BCUT2D eigenvalue weighted by Crippen LogP contribution is -2.49. The van der Waals surface area contributed by atoms with Crippen molar-refractivity contribution < 1.29 is 13.2 Å². The van der Waals surface area contributed by atoms with Crippen molar-refractivity contribution in [1.82, 2.24) is 9.71 Å². The maximum atomic E-state index is 12.5. The van der Waals surface area contributed by atoms with Gasteiger partial charge >= 0.3 is 0 Å². The lowest BCUT2D eigenvalue weighted by atomic mass is 9.70. The van der Waals surface area contributed by atoms with Gasteiger partial charge < -0.3 is 4.74 Å². The van der Waals surface area contributed by atoms with Crippen molar-refractivity contribution in [1.29, 1.82) is 0 Å². The predicted molar refractivity (Wildman–Crippen MR) is 73.3 cm³/mol. The van der Waals surface area contributed by atoms with Crippen LogP contribution < -0.4 is 4.72 Å². The van der Waals surface area contributed by atoms with E-state index in [2.05, 4.69) is 9.71 Å². The minimum absolute atomic E-state index is 0.191. The average molecular weight is 294 g/mol. The molecule has 1 aromatic rings. The second kappa shape index (κ2) is 4.51. The molecule has 6 heteroatoms. The summed E-state index contributed by atoms with van der Waals surface area (Å²) in [6.45, 7) is 0.318. The Morgan fingerprint density at radius 2 is 2.25 bits per heavy atom. The van der Waals surface area contributed by atoms with E-state index >= 15 is 0 Å². The fourth-order valence-electron chi connectivity index (χ4n) is 3.87. The molecule has 0 radical (unpaired) electrons. The smallest absolute Gasteiger partial charge is 0.215 e. The molecule has 1 saturated heterocycles. The zero-order valence-corrected chi connectivity index (χ0v) is 11.9. The lowest BCUT2D eigenvalue weighted by Gasteiger charge is -2.38. The van der Waals surface area contributed by atoms with Gasteiger partial charge in [-0.25, -0.2) is 13.1 Å². The zero-order valence-electron chi connectivity index (χ0n) is 11.1. The molecular formula is C14H18N2O3S. The molecule has 4 aliphatic rings. The number of fused-ring (bicyclic) bond motifs is 2. The highest BCUT2D eigenvalue weighted by molar-refractivity contribution is 7.90. The van der Waals surface area contributed by atoms with Gasteiger partial charge in [0.2, 0.25) is 10.0 Å². The van der Waals surface area contributed by atoms with Crippen molar-refractivity contribution in [3.63, 3.8) is 0 Å². The number of epoxide rings is 1. The first-order valence-electron chi connectivity index (χ1n) is 7.18. The number of sulfonamides is 1. The van der Waals surface area contributed by atoms with Crippen LogP contribution in [-0.4, -0.2) is 30.9 Å². The Labute approximate surface area is 118 Å². The van der Waals surface area contributed by atoms with Crippen LogP contribution in [0.5, 0.6) is 0 Å². The summed E-state index contributed by atoms with van der Waals surface area (Å²) in [5.41, 5.74) is 0.887. The Balaban J connectivity index is 1.47. The van der Waals surface area contributed by atoms with E-state index in [-0.39, 0.29) is 17.3 Å². The molecule has 1 N–H and O–H groups in total. The van der Waals surface area contributed by atoms with E-state index in [1.807, 2.05) is 12.1 Å². The molecular weight excluding hydrogens is 276 g/mol. The van der Waals surface area contributed by atoms with Crippen LogP contribution in [0.25, 0.3) is 0 Å². The number of nitrogens with zero attached hydrogens (tertiary/aromatic N) is 1.